The van der Waals surface area contributed by atoms with E-state index in [1.54, 1.807) is 0 Å². The zero-order valence-electron chi connectivity index (χ0n) is 15.5. The second-order valence-corrected chi connectivity index (χ2v) is 8.42. The van der Waals surface area contributed by atoms with Gasteiger partial charge in [-0.2, -0.15) is 10.6 Å². The molecule has 0 fully saturated rings. The third-order valence-corrected chi connectivity index (χ3v) is 5.92. The van der Waals surface area contributed by atoms with Crippen LogP contribution in [0.1, 0.15) is 19.4 Å². The van der Waals surface area contributed by atoms with Crippen LogP contribution in [0.3, 0.4) is 0 Å². The van der Waals surface area contributed by atoms with Crippen LogP contribution in [0.4, 0.5) is 0 Å². The van der Waals surface area contributed by atoms with Crippen LogP contribution in [0.2, 0.25) is 0 Å². The molecule has 0 saturated heterocycles. The van der Waals surface area contributed by atoms with Crippen LogP contribution in [-0.2, 0) is 24.3 Å². The zero-order valence-corrected chi connectivity index (χ0v) is 16.3. The maximum Gasteiger partial charge on any atom is 0.302 e. The minimum Gasteiger partial charge on any atom is -0.464 e. The number of rotatable bonds is 7. The Morgan fingerprint density at radius 2 is 1.93 bits per heavy atom. The van der Waals surface area contributed by atoms with Crippen LogP contribution in [0.25, 0.3) is 0 Å². The van der Waals surface area contributed by atoms with Gasteiger partial charge in [0, 0.05) is 26.6 Å². The monoisotopic (exact) mass is 398 g/mol. The third kappa shape index (κ3) is 4.00. The fourth-order valence-electron chi connectivity index (χ4n) is 2.50. The molecule has 1 aliphatic rings. The molecule has 1 atom stereocenters. The number of hydrogen-bond donors (Lipinski definition) is 2. The second-order valence-electron chi connectivity index (χ2n) is 6.27. The van der Waals surface area contributed by atoms with Crippen LogP contribution in [-0.4, -0.2) is 73.3 Å². The predicted octanol–water partition coefficient (Wildman–Crippen LogP) is -0.216. The van der Waals surface area contributed by atoms with Crippen molar-refractivity contribution in [2.75, 3.05) is 27.2 Å². The van der Waals surface area contributed by atoms with Crippen molar-refractivity contribution in [1.82, 2.24) is 14.8 Å². The second kappa shape index (κ2) is 7.72. The number of hydroxylamine groups is 1. The molecular formula is C16H22N4O6S. The van der Waals surface area contributed by atoms with E-state index in [9.17, 15) is 23.2 Å². The van der Waals surface area contributed by atoms with Gasteiger partial charge in [0.25, 0.3) is 5.91 Å². The molecule has 1 amide bonds. The lowest BCUT2D eigenvalue weighted by atomic mass is 9.91. The summed E-state index contributed by atoms with van der Waals surface area (Å²) in [6.45, 7) is 2.68. The number of carbonyl (C=O) groups is 2. The van der Waals surface area contributed by atoms with Crippen molar-refractivity contribution in [1.29, 1.82) is 0 Å². The number of carbonyl (C=O) groups excluding carboxylic acids is 2. The van der Waals surface area contributed by atoms with E-state index in [-0.39, 0.29) is 23.8 Å². The normalized spacial score (nSPS) is 20.1. The molecule has 0 aliphatic carbocycles. The average molecular weight is 398 g/mol. The maximum absolute atomic E-state index is 12.6. The van der Waals surface area contributed by atoms with Gasteiger partial charge in [0.15, 0.2) is 5.54 Å². The molecule has 27 heavy (non-hydrogen) atoms. The highest BCUT2D eigenvalue weighted by atomic mass is 32.2. The quantitative estimate of drug-likeness (QED) is 0.480. The van der Waals surface area contributed by atoms with Crippen LogP contribution < -0.4 is 5.48 Å². The summed E-state index contributed by atoms with van der Waals surface area (Å²) in [5, 5.41) is 14.9. The molecule has 1 heterocycles. The summed E-state index contributed by atoms with van der Waals surface area (Å²) in [4.78, 5) is 23.5. The van der Waals surface area contributed by atoms with E-state index >= 15 is 0 Å². The topological polar surface area (TPSA) is 129 Å². The summed E-state index contributed by atoms with van der Waals surface area (Å²) < 4.78 is 30.2. The standard InChI is InChI=1S/C16H22N4O6S/c1-11(21)26-10-9-20-15(22)16(2,18-23)14(17-20)12-5-7-13(8-6-12)27(24,25)19(3)4/h5-8,18,23H,9-10H2,1-4H3. The molecular weight excluding hydrogens is 376 g/mol. The highest BCUT2D eigenvalue weighted by molar-refractivity contribution is 7.89. The van der Waals surface area contributed by atoms with Crippen molar-refractivity contribution in [3.8, 4) is 0 Å². The first-order valence-electron chi connectivity index (χ1n) is 8.02. The Labute approximate surface area is 157 Å². The van der Waals surface area contributed by atoms with Gasteiger partial charge in [-0.1, -0.05) is 12.1 Å². The summed E-state index contributed by atoms with van der Waals surface area (Å²) in [6, 6.07) is 5.81. The molecule has 1 aromatic rings. The van der Waals surface area contributed by atoms with Gasteiger partial charge in [-0.15, -0.1) is 0 Å². The van der Waals surface area contributed by atoms with Gasteiger partial charge in [-0.25, -0.2) is 17.7 Å². The Balaban J connectivity index is 2.33. The molecule has 1 aromatic carbocycles. The van der Waals surface area contributed by atoms with Crippen LogP contribution in [0.5, 0.6) is 0 Å². The molecule has 1 unspecified atom stereocenters. The van der Waals surface area contributed by atoms with Crippen molar-refractivity contribution in [3.05, 3.63) is 29.8 Å². The largest absolute Gasteiger partial charge is 0.464 e. The first-order chi connectivity index (χ1) is 12.5. The summed E-state index contributed by atoms with van der Waals surface area (Å²) in [5.74, 6) is -1.01. The number of ether oxygens (including phenoxy) is 1. The van der Waals surface area contributed by atoms with Crippen molar-refractivity contribution in [2.24, 2.45) is 5.10 Å². The number of sulfonamides is 1. The highest BCUT2D eigenvalue weighted by Gasteiger charge is 2.47. The molecule has 2 N–H and O–H groups in total. The third-order valence-electron chi connectivity index (χ3n) is 4.09. The fraction of sp³-hybridized carbons (Fsp3) is 0.438. The average Bonchev–Trinajstić information content (AvgIpc) is 2.87. The summed E-state index contributed by atoms with van der Waals surface area (Å²) in [6.07, 6.45) is 0. The van der Waals surface area contributed by atoms with Crippen LogP contribution in [0, 0.1) is 0 Å². The molecule has 0 saturated carbocycles. The number of hydrogen-bond acceptors (Lipinski definition) is 8. The number of benzene rings is 1. The highest BCUT2D eigenvalue weighted by Crippen LogP contribution is 2.25. The lowest BCUT2D eigenvalue weighted by Crippen LogP contribution is -2.54. The molecule has 11 heteroatoms. The molecule has 2 rings (SSSR count). The van der Waals surface area contributed by atoms with E-state index in [1.165, 1.54) is 52.2 Å². The van der Waals surface area contributed by atoms with Crippen LogP contribution in [0.15, 0.2) is 34.3 Å². The molecule has 148 valence electrons. The first-order valence-corrected chi connectivity index (χ1v) is 9.46. The number of amides is 1. The smallest absolute Gasteiger partial charge is 0.302 e. The lowest BCUT2D eigenvalue weighted by Gasteiger charge is -2.23. The van der Waals surface area contributed by atoms with E-state index < -0.39 is 27.4 Å². The van der Waals surface area contributed by atoms with Gasteiger partial charge in [0.2, 0.25) is 10.0 Å². The van der Waals surface area contributed by atoms with Gasteiger partial charge >= 0.3 is 5.97 Å². The van der Waals surface area contributed by atoms with Crippen molar-refractivity contribution < 1.29 is 28.0 Å². The molecule has 0 bridgehead atoms. The Bertz CT molecular complexity index is 865. The van der Waals surface area contributed by atoms with E-state index in [1.807, 2.05) is 5.48 Å². The molecule has 10 nitrogen and oxygen atoms in total. The minimum absolute atomic E-state index is 0.0201. The van der Waals surface area contributed by atoms with Gasteiger partial charge in [-0.3, -0.25) is 9.59 Å². The summed E-state index contributed by atoms with van der Waals surface area (Å²) in [5.41, 5.74) is 1.13. The first kappa shape index (κ1) is 21.0. The summed E-state index contributed by atoms with van der Waals surface area (Å²) >= 11 is 0. The van der Waals surface area contributed by atoms with Gasteiger partial charge in [-0.05, 0) is 19.1 Å². The van der Waals surface area contributed by atoms with E-state index in [0.29, 0.717) is 5.56 Å². The van der Waals surface area contributed by atoms with Crippen molar-refractivity contribution >= 4 is 27.6 Å². The Morgan fingerprint density at radius 3 is 2.41 bits per heavy atom. The molecule has 0 aromatic heterocycles. The minimum atomic E-state index is -3.59. The van der Waals surface area contributed by atoms with Gasteiger partial charge in [0.05, 0.1) is 17.2 Å². The van der Waals surface area contributed by atoms with Crippen molar-refractivity contribution in [3.63, 3.8) is 0 Å². The molecule has 0 spiro atoms. The van der Waals surface area contributed by atoms with Gasteiger partial charge in [0.1, 0.15) is 6.61 Å². The van der Waals surface area contributed by atoms with E-state index in [0.717, 1.165) is 9.31 Å². The maximum atomic E-state index is 12.6. The zero-order chi connectivity index (χ0) is 20.4. The molecule has 0 radical (unpaired) electrons. The van der Waals surface area contributed by atoms with Gasteiger partial charge < -0.3 is 9.94 Å². The Hall–Kier alpha value is -2.34. The Morgan fingerprint density at radius 1 is 1.33 bits per heavy atom. The SMILES string of the molecule is CC(=O)OCCN1N=C(c2ccc(S(=O)(=O)N(C)C)cc2)C(C)(NO)C1=O. The predicted molar refractivity (Wildman–Crippen MR) is 95.5 cm³/mol. The summed E-state index contributed by atoms with van der Waals surface area (Å²) in [7, 11) is -0.736. The number of esters is 1. The fourth-order valence-corrected chi connectivity index (χ4v) is 3.40. The van der Waals surface area contributed by atoms with Crippen molar-refractivity contribution in [2.45, 2.75) is 24.3 Å². The molecule has 1 aliphatic heterocycles. The lowest BCUT2D eigenvalue weighted by molar-refractivity contribution is -0.144. The number of nitrogens with zero attached hydrogens (tertiary/aromatic N) is 3. The number of hydrazone groups is 1. The van der Waals surface area contributed by atoms with E-state index in [2.05, 4.69) is 5.10 Å². The van der Waals surface area contributed by atoms with Crippen LogP contribution >= 0.6 is 0 Å². The Kier molecular flexibility index (Phi) is 6.00. The number of nitrogens with one attached hydrogen (secondary N) is 1. The van der Waals surface area contributed by atoms with E-state index in [4.69, 9.17) is 4.74 Å².